The molecule has 0 atom stereocenters. The first-order valence-corrected chi connectivity index (χ1v) is 6.95. The Kier molecular flexibility index (Phi) is 3.79. The predicted octanol–water partition coefficient (Wildman–Crippen LogP) is 2.29. The van der Waals surface area contributed by atoms with Gasteiger partial charge in [-0.3, -0.25) is 9.69 Å². The molecule has 20 heavy (non-hydrogen) atoms. The molecule has 0 radical (unpaired) electrons. The monoisotopic (exact) mass is 266 g/mol. The quantitative estimate of drug-likeness (QED) is 0.924. The van der Waals surface area contributed by atoms with E-state index < -0.39 is 0 Å². The summed E-state index contributed by atoms with van der Waals surface area (Å²) in [4.78, 5) is 13.5. The van der Waals surface area contributed by atoms with Crippen molar-refractivity contribution >= 4 is 5.91 Å². The largest absolute Gasteiger partial charge is 0.354 e. The van der Waals surface area contributed by atoms with Crippen LogP contribution < -0.4 is 5.32 Å². The third kappa shape index (κ3) is 3.06. The highest BCUT2D eigenvalue weighted by atomic mass is 16.2. The Morgan fingerprint density at radius 1 is 0.950 bits per heavy atom. The van der Waals surface area contributed by atoms with Gasteiger partial charge in [0.25, 0.3) is 0 Å². The van der Waals surface area contributed by atoms with Crippen LogP contribution in [0.3, 0.4) is 0 Å². The van der Waals surface area contributed by atoms with Crippen molar-refractivity contribution in [3.8, 4) is 11.1 Å². The number of nitrogens with one attached hydrogen (secondary N) is 1. The molecule has 0 unspecified atom stereocenters. The van der Waals surface area contributed by atoms with Crippen LogP contribution in [0.2, 0.25) is 0 Å². The summed E-state index contributed by atoms with van der Waals surface area (Å²) in [6.45, 7) is 3.01. The van der Waals surface area contributed by atoms with E-state index in [1.807, 2.05) is 6.07 Å². The molecular formula is C17H18N2O. The Morgan fingerprint density at radius 2 is 1.65 bits per heavy atom. The fourth-order valence-electron chi connectivity index (χ4n) is 2.52. The molecule has 0 spiro atoms. The summed E-state index contributed by atoms with van der Waals surface area (Å²) in [5.74, 6) is 0.122. The van der Waals surface area contributed by atoms with E-state index in [4.69, 9.17) is 0 Å². The van der Waals surface area contributed by atoms with Gasteiger partial charge in [0.15, 0.2) is 0 Å². The maximum absolute atomic E-state index is 11.4. The number of piperazine rings is 1. The van der Waals surface area contributed by atoms with E-state index in [-0.39, 0.29) is 5.91 Å². The first kappa shape index (κ1) is 12.9. The fourth-order valence-corrected chi connectivity index (χ4v) is 2.52. The van der Waals surface area contributed by atoms with Crippen LogP contribution in [-0.2, 0) is 11.3 Å². The van der Waals surface area contributed by atoms with Gasteiger partial charge in [-0.2, -0.15) is 0 Å². The van der Waals surface area contributed by atoms with E-state index in [9.17, 15) is 4.79 Å². The molecule has 1 fully saturated rings. The lowest BCUT2D eigenvalue weighted by atomic mass is 10.0. The molecule has 2 aromatic carbocycles. The van der Waals surface area contributed by atoms with Gasteiger partial charge in [0.2, 0.25) is 5.91 Å². The molecule has 1 saturated heterocycles. The van der Waals surface area contributed by atoms with Crippen LogP contribution >= 0.6 is 0 Å². The molecule has 3 nitrogen and oxygen atoms in total. The van der Waals surface area contributed by atoms with Crippen LogP contribution in [0, 0.1) is 0 Å². The van der Waals surface area contributed by atoms with Crippen molar-refractivity contribution in [2.45, 2.75) is 6.54 Å². The Hall–Kier alpha value is -2.13. The molecule has 1 heterocycles. The molecule has 0 aliphatic carbocycles. The van der Waals surface area contributed by atoms with Crippen LogP contribution in [0.1, 0.15) is 5.56 Å². The van der Waals surface area contributed by atoms with E-state index in [1.54, 1.807) is 0 Å². The number of carbonyl (C=O) groups is 1. The van der Waals surface area contributed by atoms with E-state index in [1.165, 1.54) is 16.7 Å². The second-order valence-electron chi connectivity index (χ2n) is 5.12. The number of benzene rings is 2. The molecule has 3 rings (SSSR count). The molecule has 2 aromatic rings. The smallest absolute Gasteiger partial charge is 0.234 e. The molecule has 1 N–H and O–H groups in total. The number of hydrogen-bond acceptors (Lipinski definition) is 2. The second kappa shape index (κ2) is 5.88. The number of hydrogen-bond donors (Lipinski definition) is 1. The first-order chi connectivity index (χ1) is 9.81. The molecule has 1 amide bonds. The zero-order valence-corrected chi connectivity index (χ0v) is 11.4. The second-order valence-corrected chi connectivity index (χ2v) is 5.12. The molecule has 1 aliphatic rings. The van der Waals surface area contributed by atoms with Gasteiger partial charge in [-0.15, -0.1) is 0 Å². The molecule has 1 aliphatic heterocycles. The van der Waals surface area contributed by atoms with Crippen molar-refractivity contribution in [3.05, 3.63) is 60.2 Å². The average molecular weight is 266 g/mol. The number of rotatable bonds is 3. The fraction of sp³-hybridized carbons (Fsp3) is 0.235. The van der Waals surface area contributed by atoms with E-state index in [2.05, 4.69) is 58.7 Å². The Bertz CT molecular complexity index is 578. The minimum atomic E-state index is 0.122. The van der Waals surface area contributed by atoms with Crippen LogP contribution in [-0.4, -0.2) is 30.4 Å². The van der Waals surface area contributed by atoms with E-state index >= 15 is 0 Å². The average Bonchev–Trinajstić information content (AvgIpc) is 2.49. The van der Waals surface area contributed by atoms with Gasteiger partial charge in [0.05, 0.1) is 6.54 Å². The Balaban J connectivity index is 1.69. The molecule has 3 heteroatoms. The summed E-state index contributed by atoms with van der Waals surface area (Å²) in [5, 5.41) is 2.85. The highest BCUT2D eigenvalue weighted by Gasteiger charge is 2.15. The normalized spacial score (nSPS) is 15.9. The van der Waals surface area contributed by atoms with Gasteiger partial charge >= 0.3 is 0 Å². The summed E-state index contributed by atoms with van der Waals surface area (Å²) in [6, 6.07) is 18.9. The summed E-state index contributed by atoms with van der Waals surface area (Å²) in [5.41, 5.74) is 3.71. The molecule has 102 valence electrons. The van der Waals surface area contributed by atoms with Crippen molar-refractivity contribution < 1.29 is 4.79 Å². The van der Waals surface area contributed by atoms with Gasteiger partial charge in [-0.25, -0.2) is 0 Å². The minimum absolute atomic E-state index is 0.122. The lowest BCUT2D eigenvalue weighted by molar-refractivity contribution is -0.124. The summed E-state index contributed by atoms with van der Waals surface area (Å²) in [7, 11) is 0. The molecule has 0 aromatic heterocycles. The topological polar surface area (TPSA) is 32.3 Å². The number of carbonyl (C=O) groups excluding carboxylic acids is 1. The Labute approximate surface area is 119 Å². The Morgan fingerprint density at radius 3 is 2.35 bits per heavy atom. The first-order valence-electron chi connectivity index (χ1n) is 6.95. The van der Waals surface area contributed by atoms with Crippen LogP contribution in [0.4, 0.5) is 0 Å². The van der Waals surface area contributed by atoms with Gasteiger partial charge in [-0.05, 0) is 16.7 Å². The van der Waals surface area contributed by atoms with Crippen molar-refractivity contribution in [1.82, 2.24) is 10.2 Å². The molecule has 0 bridgehead atoms. The van der Waals surface area contributed by atoms with E-state index in [0.29, 0.717) is 6.54 Å². The van der Waals surface area contributed by atoms with Crippen LogP contribution in [0.25, 0.3) is 11.1 Å². The summed E-state index contributed by atoms with van der Waals surface area (Å²) >= 11 is 0. The highest BCUT2D eigenvalue weighted by Crippen LogP contribution is 2.19. The third-order valence-electron chi connectivity index (χ3n) is 3.58. The van der Waals surface area contributed by atoms with Gasteiger partial charge in [0.1, 0.15) is 0 Å². The van der Waals surface area contributed by atoms with Crippen LogP contribution in [0.5, 0.6) is 0 Å². The van der Waals surface area contributed by atoms with E-state index in [0.717, 1.165) is 19.6 Å². The standard InChI is InChI=1S/C17H18N2O/c20-17-13-19(11-10-18-17)12-14-6-8-16(9-7-14)15-4-2-1-3-5-15/h1-9H,10-13H2,(H,18,20). The SMILES string of the molecule is O=C1CN(Cc2ccc(-c3ccccc3)cc2)CCN1. The maximum Gasteiger partial charge on any atom is 0.234 e. The summed E-state index contributed by atoms with van der Waals surface area (Å²) in [6.07, 6.45) is 0. The van der Waals surface area contributed by atoms with Crippen molar-refractivity contribution in [1.29, 1.82) is 0 Å². The van der Waals surface area contributed by atoms with Gasteiger partial charge in [-0.1, -0.05) is 54.6 Å². The third-order valence-corrected chi connectivity index (χ3v) is 3.58. The number of nitrogens with zero attached hydrogens (tertiary/aromatic N) is 1. The summed E-state index contributed by atoms with van der Waals surface area (Å²) < 4.78 is 0. The molecule has 0 saturated carbocycles. The van der Waals surface area contributed by atoms with Crippen molar-refractivity contribution in [3.63, 3.8) is 0 Å². The highest BCUT2D eigenvalue weighted by molar-refractivity contribution is 5.78. The number of amides is 1. The van der Waals surface area contributed by atoms with Crippen molar-refractivity contribution in [2.24, 2.45) is 0 Å². The zero-order chi connectivity index (χ0) is 13.8. The lowest BCUT2D eigenvalue weighted by Crippen LogP contribution is -2.47. The predicted molar refractivity (Wildman–Crippen MR) is 80.2 cm³/mol. The van der Waals surface area contributed by atoms with Gasteiger partial charge in [0, 0.05) is 19.6 Å². The van der Waals surface area contributed by atoms with Gasteiger partial charge < -0.3 is 5.32 Å². The van der Waals surface area contributed by atoms with Crippen LogP contribution in [0.15, 0.2) is 54.6 Å². The molecular weight excluding hydrogens is 248 g/mol. The maximum atomic E-state index is 11.4. The minimum Gasteiger partial charge on any atom is -0.354 e. The lowest BCUT2D eigenvalue weighted by Gasteiger charge is -2.26. The zero-order valence-electron chi connectivity index (χ0n) is 11.4. The van der Waals surface area contributed by atoms with Crippen molar-refractivity contribution in [2.75, 3.05) is 19.6 Å².